The Hall–Kier alpha value is -3.34. The maximum Gasteiger partial charge on any atom is 0.124 e. The zero-order valence-corrected chi connectivity index (χ0v) is 21.9. The van der Waals surface area contributed by atoms with Gasteiger partial charge in [-0.15, -0.1) is 0 Å². The monoisotopic (exact) mass is 509 g/mol. The SMILES string of the molecule is Cc1ccc(-c2c3c4n(c(-c5ccc(Cl)cc5)cn4c2C(=S)NCc2ccccc2)CCCC3)cc1. The molecular formula is C31H28ClN3S. The van der Waals surface area contributed by atoms with E-state index in [0.29, 0.717) is 6.54 Å². The van der Waals surface area contributed by atoms with Crippen molar-refractivity contribution >= 4 is 34.5 Å². The van der Waals surface area contributed by atoms with Gasteiger partial charge in [-0.05, 0) is 55.0 Å². The van der Waals surface area contributed by atoms with Gasteiger partial charge < -0.3 is 9.88 Å². The van der Waals surface area contributed by atoms with Crippen molar-refractivity contribution in [3.63, 3.8) is 0 Å². The highest BCUT2D eigenvalue weighted by molar-refractivity contribution is 7.80. The van der Waals surface area contributed by atoms with Crippen LogP contribution < -0.4 is 5.32 Å². The van der Waals surface area contributed by atoms with E-state index in [9.17, 15) is 0 Å². The summed E-state index contributed by atoms with van der Waals surface area (Å²) in [6.07, 6.45) is 5.61. The first kappa shape index (κ1) is 23.1. The lowest BCUT2D eigenvalue weighted by Gasteiger charge is -2.12. The Morgan fingerprint density at radius 3 is 2.39 bits per heavy atom. The molecule has 180 valence electrons. The molecule has 1 aliphatic rings. The third kappa shape index (κ3) is 4.15. The predicted octanol–water partition coefficient (Wildman–Crippen LogP) is 7.84. The summed E-state index contributed by atoms with van der Waals surface area (Å²) in [7, 11) is 0. The van der Waals surface area contributed by atoms with Gasteiger partial charge in [0.2, 0.25) is 0 Å². The Morgan fingerprint density at radius 2 is 1.64 bits per heavy atom. The smallest absolute Gasteiger partial charge is 0.124 e. The van der Waals surface area contributed by atoms with Gasteiger partial charge in [-0.25, -0.2) is 0 Å². The minimum atomic E-state index is 0.695. The fraction of sp³-hybridized carbons (Fsp3) is 0.194. The number of hydrogen-bond donors (Lipinski definition) is 1. The maximum absolute atomic E-state index is 6.21. The second-order valence-electron chi connectivity index (χ2n) is 9.56. The maximum atomic E-state index is 6.21. The largest absolute Gasteiger partial charge is 0.370 e. The van der Waals surface area contributed by atoms with Gasteiger partial charge in [0.05, 0.1) is 11.4 Å². The van der Waals surface area contributed by atoms with Crippen LogP contribution in [0.4, 0.5) is 0 Å². The second-order valence-corrected chi connectivity index (χ2v) is 10.4. The summed E-state index contributed by atoms with van der Waals surface area (Å²) in [5.41, 5.74) is 11.0. The van der Waals surface area contributed by atoms with Crippen molar-refractivity contribution in [2.45, 2.75) is 39.3 Å². The van der Waals surface area contributed by atoms with Crippen LogP contribution in [0.15, 0.2) is 85.1 Å². The van der Waals surface area contributed by atoms with Crippen LogP contribution in [0.1, 0.15) is 35.2 Å². The van der Waals surface area contributed by atoms with Crippen LogP contribution in [0.5, 0.6) is 0 Å². The molecule has 0 radical (unpaired) electrons. The number of hydrogen-bond acceptors (Lipinski definition) is 1. The summed E-state index contributed by atoms with van der Waals surface area (Å²) in [5, 5.41) is 4.31. The molecule has 0 unspecified atom stereocenters. The summed E-state index contributed by atoms with van der Waals surface area (Å²) in [6.45, 7) is 3.82. The van der Waals surface area contributed by atoms with Gasteiger partial charge in [-0.3, -0.25) is 4.40 Å². The van der Waals surface area contributed by atoms with E-state index >= 15 is 0 Å². The van der Waals surface area contributed by atoms with Crippen LogP contribution in [-0.4, -0.2) is 14.0 Å². The molecule has 3 aromatic carbocycles. The molecular weight excluding hydrogens is 482 g/mol. The molecule has 5 heteroatoms. The molecule has 0 aliphatic carbocycles. The molecule has 6 rings (SSSR count). The van der Waals surface area contributed by atoms with E-state index < -0.39 is 0 Å². The standard InChI is InChI=1S/C31H28ClN3S/c1-21-10-12-24(13-11-21)28-26-9-5-6-18-34-27(23-14-16-25(32)17-15-23)20-35(31(26)34)29(28)30(36)33-19-22-7-3-2-4-8-22/h2-4,7-8,10-17,20H,5-6,9,18-19H2,1H3,(H,33,36). The zero-order valence-electron chi connectivity index (χ0n) is 20.3. The quantitative estimate of drug-likeness (QED) is 0.244. The average molecular weight is 510 g/mol. The number of rotatable bonds is 5. The van der Waals surface area contributed by atoms with Gasteiger partial charge in [0, 0.05) is 35.4 Å². The second kappa shape index (κ2) is 9.61. The Labute approximate surface area is 222 Å². The molecule has 0 bridgehead atoms. The van der Waals surface area contributed by atoms with Crippen molar-refractivity contribution in [1.82, 2.24) is 14.3 Å². The van der Waals surface area contributed by atoms with Crippen molar-refractivity contribution in [2.75, 3.05) is 0 Å². The summed E-state index contributed by atoms with van der Waals surface area (Å²) in [4.78, 5) is 0.774. The van der Waals surface area contributed by atoms with Gasteiger partial charge >= 0.3 is 0 Å². The van der Waals surface area contributed by atoms with E-state index in [1.807, 2.05) is 18.2 Å². The third-order valence-electron chi connectivity index (χ3n) is 7.13. The van der Waals surface area contributed by atoms with Crippen molar-refractivity contribution in [2.24, 2.45) is 0 Å². The molecule has 3 heterocycles. The van der Waals surface area contributed by atoms with E-state index in [0.717, 1.165) is 41.5 Å². The van der Waals surface area contributed by atoms with E-state index in [-0.39, 0.29) is 0 Å². The number of thiocarbonyl (C=S) groups is 1. The molecule has 1 aliphatic heterocycles. The summed E-state index contributed by atoms with van der Waals surface area (Å²) in [6, 6.07) is 27.4. The lowest BCUT2D eigenvalue weighted by atomic mass is 9.97. The molecule has 0 spiro atoms. The minimum Gasteiger partial charge on any atom is -0.370 e. The molecule has 0 atom stereocenters. The molecule has 2 aromatic heterocycles. The lowest BCUT2D eigenvalue weighted by Crippen LogP contribution is -2.23. The Bertz CT molecular complexity index is 1540. The van der Waals surface area contributed by atoms with E-state index in [1.165, 1.54) is 44.7 Å². The van der Waals surface area contributed by atoms with Gasteiger partial charge in [-0.2, -0.15) is 0 Å². The molecule has 0 amide bonds. The first-order valence-corrected chi connectivity index (χ1v) is 13.3. The molecule has 0 saturated carbocycles. The molecule has 5 aromatic rings. The Morgan fingerprint density at radius 1 is 0.917 bits per heavy atom. The molecule has 3 nitrogen and oxygen atoms in total. The minimum absolute atomic E-state index is 0.695. The average Bonchev–Trinajstić information content (AvgIpc) is 3.32. The predicted molar refractivity (Wildman–Crippen MR) is 154 cm³/mol. The highest BCUT2D eigenvalue weighted by Crippen LogP contribution is 2.39. The van der Waals surface area contributed by atoms with Crippen molar-refractivity contribution < 1.29 is 0 Å². The summed E-state index contributed by atoms with van der Waals surface area (Å²) < 4.78 is 4.81. The fourth-order valence-corrected chi connectivity index (χ4v) is 5.75. The number of benzene rings is 3. The van der Waals surface area contributed by atoms with Gasteiger partial charge in [0.15, 0.2) is 0 Å². The Kier molecular flexibility index (Phi) is 6.16. The van der Waals surface area contributed by atoms with E-state index in [4.69, 9.17) is 23.8 Å². The highest BCUT2D eigenvalue weighted by Gasteiger charge is 2.28. The first-order valence-electron chi connectivity index (χ1n) is 12.5. The topological polar surface area (TPSA) is 21.4 Å². The fourth-order valence-electron chi connectivity index (χ4n) is 5.35. The van der Waals surface area contributed by atoms with E-state index in [1.54, 1.807) is 0 Å². The number of nitrogens with zero attached hydrogens (tertiary/aromatic N) is 2. The Balaban J connectivity index is 1.55. The van der Waals surface area contributed by atoms with Crippen LogP contribution >= 0.6 is 23.8 Å². The van der Waals surface area contributed by atoms with Crippen molar-refractivity contribution in [3.8, 4) is 22.4 Å². The highest BCUT2D eigenvalue weighted by atomic mass is 35.5. The van der Waals surface area contributed by atoms with Gasteiger partial charge in [0.25, 0.3) is 0 Å². The molecule has 36 heavy (non-hydrogen) atoms. The van der Waals surface area contributed by atoms with Crippen molar-refractivity contribution in [3.05, 3.63) is 112 Å². The van der Waals surface area contributed by atoms with Crippen LogP contribution in [0.2, 0.25) is 5.02 Å². The number of nitrogens with one attached hydrogen (secondary N) is 1. The lowest BCUT2D eigenvalue weighted by molar-refractivity contribution is 0.647. The number of aromatic nitrogens is 2. The summed E-state index contributed by atoms with van der Waals surface area (Å²) in [5.74, 6) is 0. The summed E-state index contributed by atoms with van der Waals surface area (Å²) >= 11 is 12.3. The first-order chi connectivity index (χ1) is 17.6. The van der Waals surface area contributed by atoms with Crippen LogP contribution in [-0.2, 0) is 19.5 Å². The molecule has 1 N–H and O–H groups in total. The van der Waals surface area contributed by atoms with Gasteiger partial charge in [0.1, 0.15) is 10.6 Å². The van der Waals surface area contributed by atoms with Crippen molar-refractivity contribution in [1.29, 1.82) is 0 Å². The number of imidazole rings is 1. The number of aryl methyl sites for hydroxylation is 3. The van der Waals surface area contributed by atoms with Crippen LogP contribution in [0, 0.1) is 6.92 Å². The molecule has 0 saturated heterocycles. The zero-order chi connectivity index (χ0) is 24.6. The normalized spacial score (nSPS) is 13.1. The molecule has 0 fully saturated rings. The van der Waals surface area contributed by atoms with E-state index in [2.05, 4.69) is 88.1 Å². The van der Waals surface area contributed by atoms with Crippen LogP contribution in [0.25, 0.3) is 28.0 Å². The van der Waals surface area contributed by atoms with Crippen LogP contribution in [0.3, 0.4) is 0 Å². The number of halogens is 1. The third-order valence-corrected chi connectivity index (χ3v) is 7.71. The van der Waals surface area contributed by atoms with Gasteiger partial charge in [-0.1, -0.05) is 96.1 Å².